The van der Waals surface area contributed by atoms with Crippen LogP contribution in [0.1, 0.15) is 30.6 Å². The number of rotatable bonds is 5. The van der Waals surface area contributed by atoms with Crippen LogP contribution in [0.15, 0.2) is 24.1 Å². The van der Waals surface area contributed by atoms with Crippen LogP contribution in [0, 0.1) is 0 Å². The van der Waals surface area contributed by atoms with Crippen LogP contribution in [-0.4, -0.2) is 32.4 Å². The lowest BCUT2D eigenvalue weighted by molar-refractivity contribution is -0.133. The summed E-state index contributed by atoms with van der Waals surface area (Å²) in [6.07, 6.45) is 6.08. The van der Waals surface area contributed by atoms with Crippen LogP contribution in [0.4, 0.5) is 0 Å². The van der Waals surface area contributed by atoms with Crippen molar-refractivity contribution in [1.82, 2.24) is 19.4 Å². The highest BCUT2D eigenvalue weighted by Gasteiger charge is 2.19. The van der Waals surface area contributed by atoms with Gasteiger partial charge in [0.1, 0.15) is 6.04 Å². The molecule has 0 aliphatic heterocycles. The summed E-state index contributed by atoms with van der Waals surface area (Å²) in [6, 6.07) is -0.239. The van der Waals surface area contributed by atoms with E-state index in [0.717, 1.165) is 17.1 Å². The maximum atomic E-state index is 12.3. The van der Waals surface area contributed by atoms with E-state index in [1.165, 1.54) is 0 Å². The summed E-state index contributed by atoms with van der Waals surface area (Å²) < 4.78 is 1.80. The Morgan fingerprint density at radius 2 is 2.37 bits per heavy atom. The molecule has 1 atom stereocenters. The molecule has 0 aliphatic carbocycles. The van der Waals surface area contributed by atoms with Gasteiger partial charge >= 0.3 is 0 Å². The lowest BCUT2D eigenvalue weighted by Gasteiger charge is -2.21. The van der Waals surface area contributed by atoms with Crippen molar-refractivity contribution < 1.29 is 4.79 Å². The number of aromatic nitrogens is 3. The van der Waals surface area contributed by atoms with Crippen molar-refractivity contribution in [2.75, 3.05) is 7.05 Å². The highest BCUT2D eigenvalue weighted by molar-refractivity contribution is 7.09. The second kappa shape index (κ2) is 5.97. The molecule has 0 aliphatic rings. The van der Waals surface area contributed by atoms with Gasteiger partial charge in [0.15, 0.2) is 0 Å². The van der Waals surface area contributed by atoms with Gasteiger partial charge in [0.05, 0.1) is 23.6 Å². The molecule has 19 heavy (non-hydrogen) atoms. The SMILES string of the molecule is CCc1nc(CN(C)C(=O)C(C)n2ccnc2)cs1. The van der Waals surface area contributed by atoms with E-state index in [2.05, 4.69) is 16.9 Å². The molecule has 1 unspecified atom stereocenters. The van der Waals surface area contributed by atoms with Gasteiger partial charge in [-0.3, -0.25) is 4.79 Å². The maximum absolute atomic E-state index is 12.3. The third kappa shape index (κ3) is 3.20. The van der Waals surface area contributed by atoms with Gasteiger partial charge in [-0.05, 0) is 13.3 Å². The Balaban J connectivity index is 1.99. The van der Waals surface area contributed by atoms with E-state index in [1.54, 1.807) is 46.6 Å². The Bertz CT molecular complexity index is 535. The van der Waals surface area contributed by atoms with Crippen LogP contribution in [0.2, 0.25) is 0 Å². The molecular weight excluding hydrogens is 260 g/mol. The number of carbonyl (C=O) groups is 1. The summed E-state index contributed by atoms with van der Waals surface area (Å²) in [5.41, 5.74) is 0.954. The van der Waals surface area contributed by atoms with E-state index >= 15 is 0 Å². The third-order valence-corrected chi connectivity index (χ3v) is 4.05. The molecule has 102 valence electrons. The van der Waals surface area contributed by atoms with Crippen molar-refractivity contribution in [2.24, 2.45) is 0 Å². The molecule has 1 amide bonds. The molecule has 0 saturated heterocycles. The minimum atomic E-state index is -0.239. The number of hydrogen-bond acceptors (Lipinski definition) is 4. The topological polar surface area (TPSA) is 51.0 Å². The number of aryl methyl sites for hydroxylation is 1. The predicted octanol–water partition coefficient (Wildman–Crippen LogP) is 2.12. The van der Waals surface area contributed by atoms with E-state index in [4.69, 9.17) is 0 Å². The van der Waals surface area contributed by atoms with Crippen molar-refractivity contribution in [3.8, 4) is 0 Å². The first kappa shape index (κ1) is 13.7. The molecule has 0 saturated carbocycles. The first-order valence-electron chi connectivity index (χ1n) is 6.27. The highest BCUT2D eigenvalue weighted by Crippen LogP contribution is 2.14. The van der Waals surface area contributed by atoms with E-state index in [0.29, 0.717) is 6.54 Å². The van der Waals surface area contributed by atoms with Crippen LogP contribution in [0.5, 0.6) is 0 Å². The van der Waals surface area contributed by atoms with Crippen molar-refractivity contribution in [2.45, 2.75) is 32.9 Å². The number of nitrogens with zero attached hydrogens (tertiary/aromatic N) is 4. The van der Waals surface area contributed by atoms with Gasteiger partial charge in [-0.1, -0.05) is 6.92 Å². The van der Waals surface area contributed by atoms with E-state index in [-0.39, 0.29) is 11.9 Å². The smallest absolute Gasteiger partial charge is 0.245 e. The minimum absolute atomic E-state index is 0.0593. The van der Waals surface area contributed by atoms with Gasteiger partial charge in [0.2, 0.25) is 5.91 Å². The summed E-state index contributed by atoms with van der Waals surface area (Å²) in [6.45, 7) is 4.51. The number of amides is 1. The van der Waals surface area contributed by atoms with Gasteiger partial charge in [-0.15, -0.1) is 11.3 Å². The van der Waals surface area contributed by atoms with Crippen molar-refractivity contribution in [3.05, 3.63) is 34.8 Å². The van der Waals surface area contributed by atoms with Crippen LogP contribution >= 0.6 is 11.3 Å². The summed E-state index contributed by atoms with van der Waals surface area (Å²) >= 11 is 1.65. The number of imidazole rings is 1. The van der Waals surface area contributed by atoms with E-state index in [9.17, 15) is 4.79 Å². The average Bonchev–Trinajstić information content (AvgIpc) is 3.07. The molecular formula is C13H18N4OS. The third-order valence-electron chi connectivity index (χ3n) is 3.01. The molecule has 0 radical (unpaired) electrons. The quantitative estimate of drug-likeness (QED) is 0.842. The standard InChI is InChI=1S/C13H18N4OS/c1-4-12-15-11(8-19-12)7-16(3)13(18)10(2)17-6-5-14-9-17/h5-6,8-10H,4,7H2,1-3H3. The Hall–Kier alpha value is -1.69. The Morgan fingerprint density at radius 1 is 1.58 bits per heavy atom. The maximum Gasteiger partial charge on any atom is 0.245 e. The number of hydrogen-bond donors (Lipinski definition) is 0. The van der Waals surface area contributed by atoms with E-state index in [1.807, 2.05) is 12.3 Å². The average molecular weight is 278 g/mol. The van der Waals surface area contributed by atoms with Crippen molar-refractivity contribution >= 4 is 17.2 Å². The minimum Gasteiger partial charge on any atom is -0.338 e. The lowest BCUT2D eigenvalue weighted by Crippen LogP contribution is -2.32. The summed E-state index contributed by atoms with van der Waals surface area (Å²) in [5.74, 6) is 0.0593. The van der Waals surface area contributed by atoms with Crippen LogP contribution in [0.25, 0.3) is 0 Å². The zero-order valence-corrected chi connectivity index (χ0v) is 12.2. The van der Waals surface area contributed by atoms with Gasteiger partial charge in [-0.2, -0.15) is 0 Å². The van der Waals surface area contributed by atoms with Crippen LogP contribution in [-0.2, 0) is 17.8 Å². The molecule has 5 nitrogen and oxygen atoms in total. The summed E-state index contributed by atoms with van der Waals surface area (Å²) in [5, 5.41) is 3.13. The lowest BCUT2D eigenvalue weighted by atomic mass is 10.3. The molecule has 2 rings (SSSR count). The fourth-order valence-electron chi connectivity index (χ4n) is 1.85. The summed E-state index contributed by atoms with van der Waals surface area (Å²) in [7, 11) is 1.81. The largest absolute Gasteiger partial charge is 0.338 e. The van der Waals surface area contributed by atoms with Gasteiger partial charge in [0, 0.05) is 24.8 Å². The van der Waals surface area contributed by atoms with E-state index < -0.39 is 0 Å². The van der Waals surface area contributed by atoms with Gasteiger partial charge < -0.3 is 9.47 Å². The number of likely N-dealkylation sites (N-methyl/N-ethyl adjacent to an activating group) is 1. The molecule has 2 heterocycles. The zero-order chi connectivity index (χ0) is 13.8. The second-order valence-corrected chi connectivity index (χ2v) is 5.41. The highest BCUT2D eigenvalue weighted by atomic mass is 32.1. The van der Waals surface area contributed by atoms with Gasteiger partial charge in [0.25, 0.3) is 0 Å². The van der Waals surface area contributed by atoms with Crippen LogP contribution < -0.4 is 0 Å². The molecule has 2 aromatic heterocycles. The number of thiazole rings is 1. The van der Waals surface area contributed by atoms with Gasteiger partial charge in [-0.25, -0.2) is 9.97 Å². The molecule has 2 aromatic rings. The molecule has 6 heteroatoms. The van der Waals surface area contributed by atoms with Crippen LogP contribution in [0.3, 0.4) is 0 Å². The van der Waals surface area contributed by atoms with Crippen molar-refractivity contribution in [1.29, 1.82) is 0 Å². The normalized spacial score (nSPS) is 12.4. The first-order chi connectivity index (χ1) is 9.11. The predicted molar refractivity (Wildman–Crippen MR) is 74.9 cm³/mol. The summed E-state index contributed by atoms with van der Waals surface area (Å²) in [4.78, 5) is 22.4. The fraction of sp³-hybridized carbons (Fsp3) is 0.462. The monoisotopic (exact) mass is 278 g/mol. The molecule has 0 aromatic carbocycles. The first-order valence-corrected chi connectivity index (χ1v) is 7.15. The molecule has 0 N–H and O–H groups in total. The Kier molecular flexibility index (Phi) is 4.31. The number of carbonyl (C=O) groups excluding carboxylic acids is 1. The second-order valence-electron chi connectivity index (χ2n) is 4.47. The zero-order valence-electron chi connectivity index (χ0n) is 11.4. The Labute approximate surface area is 116 Å². The Morgan fingerprint density at radius 3 is 2.95 bits per heavy atom. The fourth-order valence-corrected chi connectivity index (χ4v) is 2.59. The van der Waals surface area contributed by atoms with Crippen molar-refractivity contribution in [3.63, 3.8) is 0 Å². The molecule has 0 spiro atoms. The molecule has 0 fully saturated rings. The molecule has 0 bridgehead atoms.